The van der Waals surface area contributed by atoms with Crippen LogP contribution < -0.4 is 16.4 Å². The van der Waals surface area contributed by atoms with E-state index in [-0.39, 0.29) is 16.4 Å². The molecule has 0 saturated heterocycles. The summed E-state index contributed by atoms with van der Waals surface area (Å²) in [4.78, 5) is 19.7. The zero-order chi connectivity index (χ0) is 19.9. The Morgan fingerprint density at radius 2 is 1.89 bits per heavy atom. The molecule has 0 radical (unpaired) electrons. The molecule has 8 nitrogen and oxygen atoms in total. The monoisotopic (exact) mass is 383 g/mol. The summed E-state index contributed by atoms with van der Waals surface area (Å²) < 4.78 is 0. The van der Waals surface area contributed by atoms with Gasteiger partial charge in [-0.3, -0.25) is 0 Å². The van der Waals surface area contributed by atoms with Crippen molar-refractivity contribution in [2.75, 3.05) is 23.7 Å². The van der Waals surface area contributed by atoms with Gasteiger partial charge in [-0.25, -0.2) is 10.2 Å². The number of hydrogen-bond donors (Lipinski definition) is 4. The average molecular weight is 383 g/mol. The number of nitrogens with zero attached hydrogens (tertiary/aromatic N) is 3. The van der Waals surface area contributed by atoms with E-state index in [1.54, 1.807) is 0 Å². The molecule has 1 aromatic carbocycles. The highest BCUT2D eigenvalue weighted by Crippen LogP contribution is 2.29. The van der Waals surface area contributed by atoms with Crippen molar-refractivity contribution in [1.29, 1.82) is 0 Å². The lowest BCUT2D eigenvalue weighted by molar-refractivity contribution is -0.729. The molecule has 0 aliphatic heterocycles. The molecule has 148 valence electrons. The van der Waals surface area contributed by atoms with E-state index in [1.165, 1.54) is 6.20 Å². The normalized spacial score (nSPS) is 19.0. The Hall–Kier alpha value is -3.00. The molecule has 0 unspecified atom stereocenters. The molecule has 2 aromatic rings. The maximum atomic E-state index is 11.5. The lowest BCUT2D eigenvalue weighted by Gasteiger charge is -2.27. The number of nitrogens with one attached hydrogen (secondary N) is 2. The summed E-state index contributed by atoms with van der Waals surface area (Å²) in [7, 11) is 0. The van der Waals surface area contributed by atoms with Crippen LogP contribution in [-0.2, 0) is 0 Å². The van der Waals surface area contributed by atoms with Crippen molar-refractivity contribution >= 4 is 23.2 Å². The summed E-state index contributed by atoms with van der Waals surface area (Å²) in [6.07, 6.45) is 5.71. The standard InChI is InChI=1S/C20H27N6O2/c1-14(17-5-3-2-4-6-17)24-20-23-13-18(26(27)28)19(25-20)22-12-16-9-7-15(11-21)8-10-16/h2-6,13,15-16H,1,7-12,21H2,(H,27,28)(H2,22,23,24,25)/q+1. The average Bonchev–Trinajstić information content (AvgIpc) is 2.73. The fourth-order valence-electron chi connectivity index (χ4n) is 3.46. The van der Waals surface area contributed by atoms with Crippen molar-refractivity contribution in [3.05, 3.63) is 53.6 Å². The van der Waals surface area contributed by atoms with Gasteiger partial charge in [0.2, 0.25) is 11.8 Å². The first kappa shape index (κ1) is 19.8. The maximum Gasteiger partial charge on any atom is 0.376 e. The topological polar surface area (TPSA) is 116 Å². The van der Waals surface area contributed by atoms with Crippen LogP contribution in [0.5, 0.6) is 0 Å². The van der Waals surface area contributed by atoms with Crippen molar-refractivity contribution in [1.82, 2.24) is 9.97 Å². The van der Waals surface area contributed by atoms with E-state index in [0.717, 1.165) is 37.8 Å². The van der Waals surface area contributed by atoms with Crippen molar-refractivity contribution in [3.8, 4) is 0 Å². The van der Waals surface area contributed by atoms with Crippen LogP contribution in [0.3, 0.4) is 0 Å². The Bertz CT molecular complexity index is 819. The maximum absolute atomic E-state index is 11.5. The summed E-state index contributed by atoms with van der Waals surface area (Å²) in [5, 5.41) is 15.6. The number of nitrogens with two attached hydrogens (primary N) is 1. The first-order valence-electron chi connectivity index (χ1n) is 9.55. The predicted molar refractivity (Wildman–Crippen MR) is 109 cm³/mol. The van der Waals surface area contributed by atoms with Crippen LogP contribution in [-0.4, -0.2) is 33.2 Å². The molecule has 0 atom stereocenters. The van der Waals surface area contributed by atoms with E-state index in [0.29, 0.717) is 30.0 Å². The molecular weight excluding hydrogens is 356 g/mol. The predicted octanol–water partition coefficient (Wildman–Crippen LogP) is 3.54. The van der Waals surface area contributed by atoms with Crippen LogP contribution in [0.15, 0.2) is 43.1 Å². The zero-order valence-corrected chi connectivity index (χ0v) is 15.8. The van der Waals surface area contributed by atoms with Crippen LogP contribution in [0.1, 0.15) is 31.2 Å². The molecule has 3 rings (SSSR count). The highest BCUT2D eigenvalue weighted by molar-refractivity contribution is 5.73. The Kier molecular flexibility index (Phi) is 6.54. The van der Waals surface area contributed by atoms with Gasteiger partial charge in [-0.1, -0.05) is 36.9 Å². The molecule has 8 heteroatoms. The molecule has 0 amide bonds. The first-order valence-corrected chi connectivity index (χ1v) is 9.55. The zero-order valence-electron chi connectivity index (χ0n) is 15.8. The minimum absolute atomic E-state index is 0.0217. The molecule has 28 heavy (non-hydrogen) atoms. The van der Waals surface area contributed by atoms with Crippen LogP contribution >= 0.6 is 0 Å². The third-order valence-corrected chi connectivity index (χ3v) is 5.22. The second-order valence-electron chi connectivity index (χ2n) is 7.17. The largest absolute Gasteiger partial charge is 0.376 e. The summed E-state index contributed by atoms with van der Waals surface area (Å²) >= 11 is 0. The van der Waals surface area contributed by atoms with Gasteiger partial charge in [0.15, 0.2) is 0 Å². The molecule has 0 bridgehead atoms. The lowest BCUT2D eigenvalue weighted by Crippen LogP contribution is -2.25. The second kappa shape index (κ2) is 9.27. The second-order valence-corrected chi connectivity index (χ2v) is 7.17. The van der Waals surface area contributed by atoms with Crippen LogP contribution in [0.25, 0.3) is 5.70 Å². The summed E-state index contributed by atoms with van der Waals surface area (Å²) in [5.74, 6) is 1.69. The Morgan fingerprint density at radius 1 is 1.21 bits per heavy atom. The quantitative estimate of drug-likeness (QED) is 0.515. The Labute approximate surface area is 164 Å². The fourth-order valence-corrected chi connectivity index (χ4v) is 3.46. The van der Waals surface area contributed by atoms with Gasteiger partial charge in [0.1, 0.15) is 6.20 Å². The molecule has 1 heterocycles. The molecule has 1 aliphatic carbocycles. The van der Waals surface area contributed by atoms with Gasteiger partial charge in [-0.2, -0.15) is 4.98 Å². The number of hydrogen-bond acceptors (Lipinski definition) is 6. The summed E-state index contributed by atoms with van der Waals surface area (Å²) in [6, 6.07) is 9.61. The highest BCUT2D eigenvalue weighted by Gasteiger charge is 2.25. The minimum Gasteiger partial charge on any atom is -0.364 e. The smallest absolute Gasteiger partial charge is 0.364 e. The van der Waals surface area contributed by atoms with Gasteiger partial charge in [0, 0.05) is 12.2 Å². The Balaban J connectivity index is 1.67. The van der Waals surface area contributed by atoms with E-state index in [2.05, 4.69) is 27.2 Å². The van der Waals surface area contributed by atoms with E-state index >= 15 is 0 Å². The number of aromatic nitrogens is 2. The molecule has 1 saturated carbocycles. The minimum atomic E-state index is -0.219. The summed E-state index contributed by atoms with van der Waals surface area (Å²) in [6.45, 7) is 5.42. The van der Waals surface area contributed by atoms with E-state index in [9.17, 15) is 10.1 Å². The van der Waals surface area contributed by atoms with Gasteiger partial charge in [0.05, 0.1) is 4.91 Å². The number of benzene rings is 1. The van der Waals surface area contributed by atoms with Gasteiger partial charge in [-0.15, -0.1) is 0 Å². The molecule has 1 fully saturated rings. The third-order valence-electron chi connectivity index (χ3n) is 5.22. The van der Waals surface area contributed by atoms with E-state index in [1.807, 2.05) is 30.3 Å². The van der Waals surface area contributed by atoms with Gasteiger partial charge in [-0.05, 0) is 49.6 Å². The first-order chi connectivity index (χ1) is 13.6. The molecular formula is C20H27N6O2+. The summed E-state index contributed by atoms with van der Waals surface area (Å²) in [5.41, 5.74) is 7.28. The third kappa shape index (κ3) is 5.04. The lowest BCUT2D eigenvalue weighted by atomic mass is 9.82. The fraction of sp³-hybridized carbons (Fsp3) is 0.400. The Morgan fingerprint density at radius 3 is 2.54 bits per heavy atom. The SMILES string of the molecule is C=C(Nc1ncc([N+](=O)O)c(NCC2CCC(CN)CC2)n1)c1ccccc1. The van der Waals surface area contributed by atoms with Crippen molar-refractivity contribution in [3.63, 3.8) is 0 Å². The van der Waals surface area contributed by atoms with Crippen molar-refractivity contribution in [2.45, 2.75) is 25.7 Å². The molecule has 1 aromatic heterocycles. The van der Waals surface area contributed by atoms with Crippen LogP contribution in [0.4, 0.5) is 17.5 Å². The molecule has 1 aliphatic rings. The van der Waals surface area contributed by atoms with Crippen LogP contribution in [0, 0.1) is 16.7 Å². The molecule has 5 N–H and O–H groups in total. The van der Waals surface area contributed by atoms with E-state index in [4.69, 9.17) is 5.73 Å². The van der Waals surface area contributed by atoms with Gasteiger partial charge in [0.25, 0.3) is 4.92 Å². The number of rotatable bonds is 8. The van der Waals surface area contributed by atoms with Gasteiger partial charge < -0.3 is 16.4 Å². The van der Waals surface area contributed by atoms with Crippen molar-refractivity contribution < 1.29 is 10.1 Å². The van der Waals surface area contributed by atoms with Crippen LogP contribution in [0.2, 0.25) is 0 Å². The van der Waals surface area contributed by atoms with Gasteiger partial charge >= 0.3 is 5.69 Å². The molecule has 0 spiro atoms. The van der Waals surface area contributed by atoms with E-state index < -0.39 is 0 Å². The highest BCUT2D eigenvalue weighted by atomic mass is 16.6. The number of anilines is 2. The van der Waals surface area contributed by atoms with Crippen molar-refractivity contribution in [2.24, 2.45) is 17.6 Å².